The van der Waals surface area contributed by atoms with Crippen molar-refractivity contribution in [2.45, 2.75) is 33.3 Å². The van der Waals surface area contributed by atoms with Crippen LogP contribution in [0.2, 0.25) is 0 Å². The fraction of sp³-hybridized carbons (Fsp3) is 0.455. The van der Waals surface area contributed by atoms with E-state index in [-0.39, 0.29) is 11.9 Å². The van der Waals surface area contributed by atoms with Gasteiger partial charge in [0.15, 0.2) is 0 Å². The van der Waals surface area contributed by atoms with E-state index in [9.17, 15) is 4.39 Å². The predicted octanol–water partition coefficient (Wildman–Crippen LogP) is 2.89. The Balaban J connectivity index is 2.92. The number of hydrogen-bond donors (Lipinski definition) is 1. The van der Waals surface area contributed by atoms with Crippen LogP contribution in [0.1, 0.15) is 25.8 Å². The van der Waals surface area contributed by atoms with Crippen LogP contribution in [0.3, 0.4) is 0 Å². The monoisotopic (exact) mass is 197 g/mol. The van der Waals surface area contributed by atoms with Gasteiger partial charge in [-0.15, -0.1) is 0 Å². The van der Waals surface area contributed by atoms with Gasteiger partial charge in [-0.2, -0.15) is 0 Å². The third kappa shape index (κ3) is 2.37. The maximum Gasteiger partial charge on any atom is 0.143 e. The second-order valence-corrected chi connectivity index (χ2v) is 3.48. The third-order valence-electron chi connectivity index (χ3n) is 2.19. The van der Waals surface area contributed by atoms with E-state index >= 15 is 0 Å². The lowest BCUT2D eigenvalue weighted by atomic mass is 10.2. The molecule has 2 N–H and O–H groups in total. The summed E-state index contributed by atoms with van der Waals surface area (Å²) in [5.41, 5.74) is 6.54. The summed E-state index contributed by atoms with van der Waals surface area (Å²) in [6, 6.07) is 2.93. The molecule has 0 saturated heterocycles. The molecule has 0 amide bonds. The molecule has 14 heavy (non-hydrogen) atoms. The zero-order valence-corrected chi connectivity index (χ0v) is 8.80. The van der Waals surface area contributed by atoms with E-state index < -0.39 is 0 Å². The fourth-order valence-electron chi connectivity index (χ4n) is 1.07. The highest BCUT2D eigenvalue weighted by molar-refractivity contribution is 5.54. The summed E-state index contributed by atoms with van der Waals surface area (Å²) in [7, 11) is 0. The van der Waals surface area contributed by atoms with Gasteiger partial charge in [0.25, 0.3) is 0 Å². The minimum Gasteiger partial charge on any atom is -0.489 e. The van der Waals surface area contributed by atoms with E-state index in [1.165, 1.54) is 6.07 Å². The van der Waals surface area contributed by atoms with Crippen LogP contribution < -0.4 is 10.5 Å². The normalized spacial score (nSPS) is 12.6. The Kier molecular flexibility index (Phi) is 3.33. The first-order valence-electron chi connectivity index (χ1n) is 4.76. The molecule has 0 aliphatic carbocycles. The summed E-state index contributed by atoms with van der Waals surface area (Å²) >= 11 is 0. The van der Waals surface area contributed by atoms with E-state index in [2.05, 4.69) is 0 Å². The van der Waals surface area contributed by atoms with Gasteiger partial charge < -0.3 is 10.5 Å². The number of halogens is 1. The highest BCUT2D eigenvalue weighted by atomic mass is 19.1. The average Bonchev–Trinajstić information content (AvgIpc) is 2.14. The number of nitrogens with two attached hydrogens (primary N) is 1. The van der Waals surface area contributed by atoms with Crippen LogP contribution >= 0.6 is 0 Å². The lowest BCUT2D eigenvalue weighted by molar-refractivity contribution is 0.218. The minimum atomic E-state index is -0.293. The zero-order valence-electron chi connectivity index (χ0n) is 8.80. The minimum absolute atomic E-state index is 0.0992. The Labute approximate surface area is 83.9 Å². The van der Waals surface area contributed by atoms with Crippen molar-refractivity contribution in [3.8, 4) is 5.75 Å². The van der Waals surface area contributed by atoms with Gasteiger partial charge in [-0.3, -0.25) is 0 Å². The molecule has 3 heteroatoms. The maximum atomic E-state index is 13.0. The molecule has 0 fully saturated rings. The molecule has 2 nitrogen and oxygen atoms in total. The third-order valence-corrected chi connectivity index (χ3v) is 2.19. The van der Waals surface area contributed by atoms with Gasteiger partial charge in [0.1, 0.15) is 11.6 Å². The van der Waals surface area contributed by atoms with Crippen molar-refractivity contribution in [1.82, 2.24) is 0 Å². The summed E-state index contributed by atoms with van der Waals surface area (Å²) in [5.74, 6) is 0.275. The van der Waals surface area contributed by atoms with Crippen LogP contribution in [0.5, 0.6) is 5.75 Å². The van der Waals surface area contributed by atoms with E-state index in [0.717, 1.165) is 6.42 Å². The van der Waals surface area contributed by atoms with Crippen molar-refractivity contribution in [2.75, 3.05) is 5.73 Å². The lowest BCUT2D eigenvalue weighted by Gasteiger charge is -2.15. The molecule has 1 aromatic rings. The molecular weight excluding hydrogens is 181 g/mol. The van der Waals surface area contributed by atoms with Crippen molar-refractivity contribution < 1.29 is 9.13 Å². The molecule has 78 valence electrons. The number of aryl methyl sites for hydroxylation is 1. The predicted molar refractivity (Wildman–Crippen MR) is 55.9 cm³/mol. The summed E-state index contributed by atoms with van der Waals surface area (Å²) in [5, 5.41) is 0. The Hall–Kier alpha value is -1.25. The van der Waals surface area contributed by atoms with E-state index in [0.29, 0.717) is 17.0 Å². The van der Waals surface area contributed by atoms with Gasteiger partial charge in [-0.1, -0.05) is 6.92 Å². The molecular formula is C11H16FNO. The second-order valence-electron chi connectivity index (χ2n) is 3.48. The molecule has 0 aliphatic heterocycles. The number of rotatable bonds is 3. The van der Waals surface area contributed by atoms with Crippen molar-refractivity contribution >= 4 is 5.69 Å². The van der Waals surface area contributed by atoms with E-state index in [1.807, 2.05) is 13.8 Å². The Bertz CT molecular complexity index is 325. The van der Waals surface area contributed by atoms with Gasteiger partial charge in [0.2, 0.25) is 0 Å². The number of benzene rings is 1. The number of nitrogen functional groups attached to an aromatic ring is 1. The summed E-state index contributed by atoms with van der Waals surface area (Å²) in [4.78, 5) is 0. The first-order chi connectivity index (χ1) is 6.54. The highest BCUT2D eigenvalue weighted by Crippen LogP contribution is 2.26. The molecule has 1 atom stereocenters. The standard InChI is InChI=1S/C11H16FNO/c1-4-8(3)14-11-5-7(2)9(12)6-10(11)13/h5-6,8H,4,13H2,1-3H3. The topological polar surface area (TPSA) is 35.2 Å². The van der Waals surface area contributed by atoms with Gasteiger partial charge in [0, 0.05) is 6.07 Å². The first kappa shape index (κ1) is 10.8. The second kappa shape index (κ2) is 4.31. The van der Waals surface area contributed by atoms with Gasteiger partial charge in [0.05, 0.1) is 11.8 Å². The van der Waals surface area contributed by atoms with Gasteiger partial charge >= 0.3 is 0 Å². The van der Waals surface area contributed by atoms with Crippen LogP contribution in [0, 0.1) is 12.7 Å². The highest BCUT2D eigenvalue weighted by Gasteiger charge is 2.08. The van der Waals surface area contributed by atoms with E-state index in [1.54, 1.807) is 13.0 Å². The largest absolute Gasteiger partial charge is 0.489 e. The van der Waals surface area contributed by atoms with Gasteiger partial charge in [-0.25, -0.2) is 4.39 Å². The Morgan fingerprint density at radius 3 is 2.71 bits per heavy atom. The van der Waals surface area contributed by atoms with Crippen molar-refractivity contribution in [3.63, 3.8) is 0 Å². The summed E-state index contributed by atoms with van der Waals surface area (Å²) in [6.07, 6.45) is 0.998. The average molecular weight is 197 g/mol. The molecule has 1 unspecified atom stereocenters. The number of anilines is 1. The van der Waals surface area contributed by atoms with Crippen LogP contribution in [0.4, 0.5) is 10.1 Å². The number of hydrogen-bond acceptors (Lipinski definition) is 2. The molecule has 1 aromatic carbocycles. The van der Waals surface area contributed by atoms with Crippen molar-refractivity contribution in [1.29, 1.82) is 0 Å². The molecule has 0 radical (unpaired) electrons. The SMILES string of the molecule is CCC(C)Oc1cc(C)c(F)cc1N. The molecule has 0 heterocycles. The number of ether oxygens (including phenoxy) is 1. The quantitative estimate of drug-likeness (QED) is 0.756. The molecule has 0 aromatic heterocycles. The van der Waals surface area contributed by atoms with Crippen molar-refractivity contribution in [3.05, 3.63) is 23.5 Å². The summed E-state index contributed by atoms with van der Waals surface area (Å²) in [6.45, 7) is 5.67. The Morgan fingerprint density at radius 2 is 2.14 bits per heavy atom. The van der Waals surface area contributed by atoms with Crippen molar-refractivity contribution in [2.24, 2.45) is 0 Å². The Morgan fingerprint density at radius 1 is 1.50 bits per heavy atom. The first-order valence-corrected chi connectivity index (χ1v) is 4.76. The van der Waals surface area contributed by atoms with Crippen LogP contribution in [0.25, 0.3) is 0 Å². The maximum absolute atomic E-state index is 13.0. The molecule has 0 spiro atoms. The van der Waals surface area contributed by atoms with Crippen LogP contribution in [-0.2, 0) is 0 Å². The van der Waals surface area contributed by atoms with Gasteiger partial charge in [-0.05, 0) is 31.9 Å². The van der Waals surface area contributed by atoms with Crippen LogP contribution in [-0.4, -0.2) is 6.10 Å². The summed E-state index contributed by atoms with van der Waals surface area (Å²) < 4.78 is 18.6. The molecule has 1 rings (SSSR count). The van der Waals surface area contributed by atoms with Crippen LogP contribution in [0.15, 0.2) is 12.1 Å². The molecule has 0 saturated carbocycles. The zero-order chi connectivity index (χ0) is 10.7. The molecule has 0 aliphatic rings. The molecule has 0 bridgehead atoms. The smallest absolute Gasteiger partial charge is 0.143 e. The van der Waals surface area contributed by atoms with E-state index in [4.69, 9.17) is 10.5 Å². The fourth-order valence-corrected chi connectivity index (χ4v) is 1.07. The lowest BCUT2D eigenvalue weighted by Crippen LogP contribution is -2.11.